The number of likely N-dealkylation sites (tertiary alicyclic amines) is 1. The second kappa shape index (κ2) is 6.52. The van der Waals surface area contributed by atoms with Crippen molar-refractivity contribution in [2.45, 2.75) is 40.0 Å². The van der Waals surface area contributed by atoms with Gasteiger partial charge in [0.15, 0.2) is 0 Å². The van der Waals surface area contributed by atoms with Gasteiger partial charge in [-0.05, 0) is 56.7 Å². The van der Waals surface area contributed by atoms with Crippen molar-refractivity contribution in [1.29, 1.82) is 0 Å². The van der Waals surface area contributed by atoms with Crippen LogP contribution >= 0.6 is 0 Å². The SMILES string of the molecule is CCC1(CO)CCN(C(=O)c2cc3cc(C)ccc3nc2C)CC1. The third-order valence-electron chi connectivity index (χ3n) is 5.59. The molecule has 1 aromatic heterocycles. The van der Waals surface area contributed by atoms with E-state index in [0.717, 1.165) is 35.9 Å². The summed E-state index contributed by atoms with van der Waals surface area (Å²) >= 11 is 0. The van der Waals surface area contributed by atoms with Gasteiger partial charge < -0.3 is 10.0 Å². The number of aryl methyl sites for hydroxylation is 2. The maximum Gasteiger partial charge on any atom is 0.255 e. The molecule has 1 aliphatic heterocycles. The molecule has 1 amide bonds. The fourth-order valence-corrected chi connectivity index (χ4v) is 3.59. The first-order chi connectivity index (χ1) is 11.5. The number of aliphatic hydroxyl groups excluding tert-OH is 1. The van der Waals surface area contributed by atoms with Crippen LogP contribution in [0.25, 0.3) is 10.9 Å². The number of hydrogen-bond acceptors (Lipinski definition) is 3. The summed E-state index contributed by atoms with van der Waals surface area (Å²) in [6, 6.07) is 8.09. The van der Waals surface area contributed by atoms with E-state index in [1.807, 2.05) is 36.9 Å². The van der Waals surface area contributed by atoms with Crippen molar-refractivity contribution in [3.63, 3.8) is 0 Å². The minimum absolute atomic E-state index is 0.00935. The smallest absolute Gasteiger partial charge is 0.255 e. The average molecular weight is 326 g/mol. The van der Waals surface area contributed by atoms with Crippen LogP contribution in [0.3, 0.4) is 0 Å². The predicted molar refractivity (Wildman–Crippen MR) is 96.2 cm³/mol. The number of benzene rings is 1. The van der Waals surface area contributed by atoms with Crippen LogP contribution in [-0.2, 0) is 0 Å². The van der Waals surface area contributed by atoms with E-state index in [2.05, 4.69) is 18.0 Å². The molecular weight excluding hydrogens is 300 g/mol. The van der Waals surface area contributed by atoms with Crippen LogP contribution in [0.1, 0.15) is 47.8 Å². The van der Waals surface area contributed by atoms with Gasteiger partial charge in [-0.2, -0.15) is 0 Å². The van der Waals surface area contributed by atoms with Gasteiger partial charge in [-0.25, -0.2) is 0 Å². The standard InChI is InChI=1S/C20H26N2O2/c1-4-20(13-23)7-9-22(10-8-20)19(24)17-12-16-11-14(2)5-6-18(16)21-15(17)3/h5-6,11-12,23H,4,7-10,13H2,1-3H3. The third-order valence-corrected chi connectivity index (χ3v) is 5.59. The van der Waals surface area contributed by atoms with E-state index in [1.54, 1.807) is 0 Å². The first-order valence-electron chi connectivity index (χ1n) is 8.76. The summed E-state index contributed by atoms with van der Waals surface area (Å²) in [4.78, 5) is 19.5. The Labute approximate surface area is 143 Å². The normalized spacial score (nSPS) is 17.2. The van der Waals surface area contributed by atoms with Gasteiger partial charge in [0.1, 0.15) is 0 Å². The van der Waals surface area contributed by atoms with E-state index < -0.39 is 0 Å². The largest absolute Gasteiger partial charge is 0.396 e. The zero-order chi connectivity index (χ0) is 17.3. The summed E-state index contributed by atoms with van der Waals surface area (Å²) in [5.74, 6) is 0.0612. The minimum atomic E-state index is -0.00935. The number of pyridine rings is 1. The molecule has 4 heteroatoms. The van der Waals surface area contributed by atoms with Crippen LogP contribution in [0.5, 0.6) is 0 Å². The number of piperidine rings is 1. The zero-order valence-corrected chi connectivity index (χ0v) is 14.8. The fourth-order valence-electron chi connectivity index (χ4n) is 3.59. The first kappa shape index (κ1) is 16.9. The van der Waals surface area contributed by atoms with Gasteiger partial charge in [0.25, 0.3) is 5.91 Å². The molecule has 0 bridgehead atoms. The molecule has 2 heterocycles. The van der Waals surface area contributed by atoms with E-state index in [0.29, 0.717) is 18.7 Å². The Morgan fingerprint density at radius 1 is 1.25 bits per heavy atom. The number of hydrogen-bond donors (Lipinski definition) is 1. The van der Waals surface area contributed by atoms with Crippen LogP contribution < -0.4 is 0 Å². The summed E-state index contributed by atoms with van der Waals surface area (Å²) in [5.41, 5.74) is 3.57. The van der Waals surface area contributed by atoms with Crippen molar-refractivity contribution in [3.05, 3.63) is 41.1 Å². The quantitative estimate of drug-likeness (QED) is 0.939. The molecule has 24 heavy (non-hydrogen) atoms. The summed E-state index contributed by atoms with van der Waals surface area (Å²) < 4.78 is 0. The predicted octanol–water partition coefficient (Wildman–Crippen LogP) is 3.48. The molecule has 4 nitrogen and oxygen atoms in total. The molecule has 0 aliphatic carbocycles. The van der Waals surface area contributed by atoms with Crippen LogP contribution in [0.15, 0.2) is 24.3 Å². The molecule has 1 fully saturated rings. The van der Waals surface area contributed by atoms with Gasteiger partial charge in [-0.3, -0.25) is 9.78 Å². The number of aliphatic hydroxyl groups is 1. The lowest BCUT2D eigenvalue weighted by Crippen LogP contribution is -2.44. The molecule has 1 aliphatic rings. The van der Waals surface area contributed by atoms with Crippen molar-refractivity contribution >= 4 is 16.8 Å². The molecule has 128 valence electrons. The van der Waals surface area contributed by atoms with E-state index in [1.165, 1.54) is 5.56 Å². The Hall–Kier alpha value is -1.94. The Morgan fingerprint density at radius 3 is 2.58 bits per heavy atom. The van der Waals surface area contributed by atoms with Crippen molar-refractivity contribution in [2.24, 2.45) is 5.41 Å². The van der Waals surface area contributed by atoms with E-state index in [-0.39, 0.29) is 17.9 Å². The Bertz CT molecular complexity index is 756. The average Bonchev–Trinajstić information content (AvgIpc) is 2.61. The molecule has 0 atom stereocenters. The second-order valence-corrected chi connectivity index (χ2v) is 7.12. The van der Waals surface area contributed by atoms with Gasteiger partial charge in [0.2, 0.25) is 0 Å². The number of fused-ring (bicyclic) bond motifs is 1. The molecule has 2 aromatic rings. The van der Waals surface area contributed by atoms with Crippen molar-refractivity contribution in [3.8, 4) is 0 Å². The molecule has 1 N–H and O–H groups in total. The Morgan fingerprint density at radius 2 is 1.96 bits per heavy atom. The molecule has 3 rings (SSSR count). The lowest BCUT2D eigenvalue weighted by Gasteiger charge is -2.40. The van der Waals surface area contributed by atoms with Gasteiger partial charge in [0, 0.05) is 25.1 Å². The summed E-state index contributed by atoms with van der Waals surface area (Å²) in [6.07, 6.45) is 2.69. The zero-order valence-electron chi connectivity index (χ0n) is 14.8. The molecule has 1 saturated heterocycles. The van der Waals surface area contributed by atoms with Crippen LogP contribution in [0.2, 0.25) is 0 Å². The molecule has 0 radical (unpaired) electrons. The third kappa shape index (κ3) is 3.03. The van der Waals surface area contributed by atoms with Crippen molar-refractivity contribution in [2.75, 3.05) is 19.7 Å². The molecule has 0 unspecified atom stereocenters. The van der Waals surface area contributed by atoms with Gasteiger partial charge in [-0.15, -0.1) is 0 Å². The Kier molecular flexibility index (Phi) is 4.59. The number of nitrogens with zero attached hydrogens (tertiary/aromatic N) is 2. The number of rotatable bonds is 3. The highest BCUT2D eigenvalue weighted by Gasteiger charge is 2.34. The van der Waals surface area contributed by atoms with E-state index in [9.17, 15) is 9.90 Å². The molecule has 0 saturated carbocycles. The highest BCUT2D eigenvalue weighted by molar-refractivity contribution is 5.98. The maximum absolute atomic E-state index is 13.0. The minimum Gasteiger partial charge on any atom is -0.396 e. The van der Waals surface area contributed by atoms with Crippen molar-refractivity contribution in [1.82, 2.24) is 9.88 Å². The van der Waals surface area contributed by atoms with Gasteiger partial charge in [0.05, 0.1) is 16.8 Å². The maximum atomic E-state index is 13.0. The van der Waals surface area contributed by atoms with Crippen LogP contribution in [0.4, 0.5) is 0 Å². The Balaban J connectivity index is 1.85. The lowest BCUT2D eigenvalue weighted by molar-refractivity contribution is 0.0337. The first-order valence-corrected chi connectivity index (χ1v) is 8.76. The molecule has 0 spiro atoms. The monoisotopic (exact) mass is 326 g/mol. The van der Waals surface area contributed by atoms with E-state index >= 15 is 0 Å². The topological polar surface area (TPSA) is 53.4 Å². The van der Waals surface area contributed by atoms with Gasteiger partial charge in [-0.1, -0.05) is 18.6 Å². The lowest BCUT2D eigenvalue weighted by atomic mass is 9.77. The summed E-state index contributed by atoms with van der Waals surface area (Å²) in [6.45, 7) is 7.69. The number of aromatic nitrogens is 1. The van der Waals surface area contributed by atoms with E-state index in [4.69, 9.17) is 0 Å². The second-order valence-electron chi connectivity index (χ2n) is 7.12. The highest BCUT2D eigenvalue weighted by Crippen LogP contribution is 2.34. The summed E-state index contributed by atoms with van der Waals surface area (Å²) in [5, 5.41) is 10.7. The number of carbonyl (C=O) groups excluding carboxylic acids is 1. The number of amides is 1. The molecular formula is C20H26N2O2. The van der Waals surface area contributed by atoms with Crippen LogP contribution in [-0.4, -0.2) is 40.6 Å². The van der Waals surface area contributed by atoms with Crippen molar-refractivity contribution < 1.29 is 9.90 Å². The fraction of sp³-hybridized carbons (Fsp3) is 0.500. The highest BCUT2D eigenvalue weighted by atomic mass is 16.3. The molecule has 1 aromatic carbocycles. The van der Waals surface area contributed by atoms with Crippen LogP contribution in [0, 0.1) is 19.3 Å². The number of carbonyl (C=O) groups is 1. The summed E-state index contributed by atoms with van der Waals surface area (Å²) in [7, 11) is 0. The van der Waals surface area contributed by atoms with Gasteiger partial charge >= 0.3 is 0 Å².